The van der Waals surface area contributed by atoms with Gasteiger partial charge in [0.25, 0.3) is 0 Å². The number of hydrogen-bond acceptors (Lipinski definition) is 2. The van der Waals surface area contributed by atoms with E-state index in [2.05, 4.69) is 66.1 Å². The molecule has 0 saturated carbocycles. The van der Waals surface area contributed by atoms with Gasteiger partial charge in [-0.2, -0.15) is 0 Å². The van der Waals surface area contributed by atoms with Crippen LogP contribution in [-0.2, 0) is 6.54 Å². The van der Waals surface area contributed by atoms with Gasteiger partial charge in [-0.1, -0.05) is 43.7 Å². The van der Waals surface area contributed by atoms with Crippen molar-refractivity contribution in [3.05, 3.63) is 53.6 Å². The van der Waals surface area contributed by atoms with Gasteiger partial charge in [0, 0.05) is 18.9 Å². The van der Waals surface area contributed by atoms with Gasteiger partial charge in [0.15, 0.2) is 0 Å². The Hall–Kier alpha value is -1.61. The summed E-state index contributed by atoms with van der Waals surface area (Å²) in [7, 11) is 0. The highest BCUT2D eigenvalue weighted by molar-refractivity contribution is 5.29. The van der Waals surface area contributed by atoms with Crippen molar-refractivity contribution in [3.8, 4) is 0 Å². The highest BCUT2D eigenvalue weighted by Gasteiger charge is 2.18. The number of rotatable bonds is 7. The monoisotopic (exact) mass is 271 g/mol. The van der Waals surface area contributed by atoms with Gasteiger partial charge in [0.1, 0.15) is 5.82 Å². The minimum atomic E-state index is 0.177. The van der Waals surface area contributed by atoms with Crippen LogP contribution in [0.5, 0.6) is 0 Å². The fraction of sp³-hybridized carbons (Fsp3) is 0.471. The van der Waals surface area contributed by atoms with Crippen molar-refractivity contribution < 1.29 is 0 Å². The van der Waals surface area contributed by atoms with Crippen LogP contribution in [0.25, 0.3) is 0 Å². The zero-order valence-corrected chi connectivity index (χ0v) is 12.8. The van der Waals surface area contributed by atoms with Crippen molar-refractivity contribution in [2.45, 2.75) is 46.2 Å². The summed E-state index contributed by atoms with van der Waals surface area (Å²) in [5, 5.41) is 3.63. The standard InChI is InChI=1S/C17H25N3/c1-4-9-18-16(15-8-6-7-14(3)13-15)17-19-10-12-20(17)11-5-2/h6-8,10,12-13,16,18H,4-5,9,11H2,1-3H3. The second kappa shape index (κ2) is 7.25. The molecule has 0 fully saturated rings. The Labute approximate surface area is 122 Å². The lowest BCUT2D eigenvalue weighted by atomic mass is 10.0. The van der Waals surface area contributed by atoms with Gasteiger partial charge in [0.2, 0.25) is 0 Å². The quantitative estimate of drug-likeness (QED) is 0.832. The molecule has 0 amide bonds. The lowest BCUT2D eigenvalue weighted by Crippen LogP contribution is -2.26. The Morgan fingerprint density at radius 1 is 1.25 bits per heavy atom. The van der Waals surface area contributed by atoms with Crippen LogP contribution >= 0.6 is 0 Å². The molecule has 0 aliphatic carbocycles. The Morgan fingerprint density at radius 2 is 2.10 bits per heavy atom. The first-order valence-electron chi connectivity index (χ1n) is 7.57. The summed E-state index contributed by atoms with van der Waals surface area (Å²) in [6, 6.07) is 8.87. The lowest BCUT2D eigenvalue weighted by Gasteiger charge is -2.20. The predicted octanol–water partition coefficient (Wildman–Crippen LogP) is 3.69. The van der Waals surface area contributed by atoms with Crippen molar-refractivity contribution in [3.63, 3.8) is 0 Å². The van der Waals surface area contributed by atoms with Crippen LogP contribution in [0.1, 0.15) is 49.7 Å². The third-order valence-corrected chi connectivity index (χ3v) is 3.44. The topological polar surface area (TPSA) is 29.9 Å². The van der Waals surface area contributed by atoms with E-state index >= 15 is 0 Å². The number of aromatic nitrogens is 2. The average molecular weight is 271 g/mol. The van der Waals surface area contributed by atoms with Crippen LogP contribution in [0, 0.1) is 6.92 Å². The van der Waals surface area contributed by atoms with Crippen molar-refractivity contribution in [1.29, 1.82) is 0 Å². The van der Waals surface area contributed by atoms with Gasteiger partial charge in [-0.05, 0) is 31.9 Å². The van der Waals surface area contributed by atoms with Crippen LogP contribution in [0.4, 0.5) is 0 Å². The Kier molecular flexibility index (Phi) is 5.36. The van der Waals surface area contributed by atoms with Gasteiger partial charge in [-0.25, -0.2) is 4.98 Å². The third-order valence-electron chi connectivity index (χ3n) is 3.44. The number of nitrogens with one attached hydrogen (secondary N) is 1. The smallest absolute Gasteiger partial charge is 0.130 e. The first kappa shape index (κ1) is 14.8. The van der Waals surface area contributed by atoms with Crippen molar-refractivity contribution >= 4 is 0 Å². The zero-order chi connectivity index (χ0) is 14.4. The first-order chi connectivity index (χ1) is 9.76. The molecule has 0 aliphatic rings. The molecular formula is C17H25N3. The highest BCUT2D eigenvalue weighted by atomic mass is 15.1. The molecule has 3 nitrogen and oxygen atoms in total. The van der Waals surface area contributed by atoms with E-state index in [-0.39, 0.29) is 6.04 Å². The molecule has 2 rings (SSSR count). The van der Waals surface area contributed by atoms with Crippen LogP contribution in [-0.4, -0.2) is 16.1 Å². The van der Waals surface area contributed by atoms with E-state index in [1.54, 1.807) is 0 Å². The van der Waals surface area contributed by atoms with Gasteiger partial charge in [-0.3, -0.25) is 0 Å². The Bertz CT molecular complexity index is 531. The molecule has 108 valence electrons. The summed E-state index contributed by atoms with van der Waals surface area (Å²) in [5.41, 5.74) is 2.58. The van der Waals surface area contributed by atoms with E-state index in [1.165, 1.54) is 11.1 Å². The average Bonchev–Trinajstić information content (AvgIpc) is 2.88. The molecule has 1 heterocycles. The molecule has 1 unspecified atom stereocenters. The number of aryl methyl sites for hydroxylation is 2. The third kappa shape index (κ3) is 3.48. The van der Waals surface area contributed by atoms with Crippen molar-refractivity contribution in [2.75, 3.05) is 6.54 Å². The maximum atomic E-state index is 4.59. The summed E-state index contributed by atoms with van der Waals surface area (Å²) in [6.45, 7) is 8.55. The summed E-state index contributed by atoms with van der Waals surface area (Å²) >= 11 is 0. The summed E-state index contributed by atoms with van der Waals surface area (Å²) in [4.78, 5) is 4.59. The molecule has 1 aromatic heterocycles. The molecular weight excluding hydrogens is 246 g/mol. The maximum Gasteiger partial charge on any atom is 0.130 e. The van der Waals surface area contributed by atoms with Crippen LogP contribution in [0.15, 0.2) is 36.7 Å². The fourth-order valence-electron chi connectivity index (χ4n) is 2.51. The van der Waals surface area contributed by atoms with Gasteiger partial charge in [0.05, 0.1) is 6.04 Å². The second-order valence-corrected chi connectivity index (χ2v) is 5.28. The molecule has 20 heavy (non-hydrogen) atoms. The molecule has 0 bridgehead atoms. The summed E-state index contributed by atoms with van der Waals surface area (Å²) in [6.07, 6.45) is 6.23. The van der Waals surface area contributed by atoms with E-state index in [9.17, 15) is 0 Å². The normalized spacial score (nSPS) is 12.6. The lowest BCUT2D eigenvalue weighted by molar-refractivity contribution is 0.530. The Balaban J connectivity index is 2.33. The SMILES string of the molecule is CCCNC(c1cccc(C)c1)c1nccn1CCC. The molecule has 1 N–H and O–H groups in total. The molecule has 0 aliphatic heterocycles. The zero-order valence-electron chi connectivity index (χ0n) is 12.8. The van der Waals surface area contributed by atoms with E-state index in [0.717, 1.165) is 31.8 Å². The Morgan fingerprint density at radius 3 is 2.80 bits per heavy atom. The maximum absolute atomic E-state index is 4.59. The molecule has 1 atom stereocenters. The molecule has 0 radical (unpaired) electrons. The molecule has 3 heteroatoms. The number of nitrogens with zero attached hydrogens (tertiary/aromatic N) is 2. The number of benzene rings is 1. The van der Waals surface area contributed by atoms with Gasteiger partial charge >= 0.3 is 0 Å². The van der Waals surface area contributed by atoms with Crippen molar-refractivity contribution in [1.82, 2.24) is 14.9 Å². The van der Waals surface area contributed by atoms with E-state index in [1.807, 2.05) is 6.20 Å². The van der Waals surface area contributed by atoms with Gasteiger partial charge < -0.3 is 9.88 Å². The molecule has 0 saturated heterocycles. The fourth-order valence-corrected chi connectivity index (χ4v) is 2.51. The number of hydrogen-bond donors (Lipinski definition) is 1. The number of imidazole rings is 1. The first-order valence-corrected chi connectivity index (χ1v) is 7.57. The second-order valence-electron chi connectivity index (χ2n) is 5.28. The van der Waals surface area contributed by atoms with Crippen LogP contribution in [0.3, 0.4) is 0 Å². The highest BCUT2D eigenvalue weighted by Crippen LogP contribution is 2.22. The minimum Gasteiger partial charge on any atom is -0.333 e. The molecule has 1 aromatic carbocycles. The largest absolute Gasteiger partial charge is 0.333 e. The molecule has 0 spiro atoms. The van der Waals surface area contributed by atoms with E-state index < -0.39 is 0 Å². The predicted molar refractivity (Wildman–Crippen MR) is 83.8 cm³/mol. The minimum absolute atomic E-state index is 0.177. The van der Waals surface area contributed by atoms with Gasteiger partial charge in [-0.15, -0.1) is 0 Å². The summed E-state index contributed by atoms with van der Waals surface area (Å²) < 4.78 is 2.26. The molecule has 2 aromatic rings. The summed E-state index contributed by atoms with van der Waals surface area (Å²) in [5.74, 6) is 1.12. The van der Waals surface area contributed by atoms with E-state index in [0.29, 0.717) is 0 Å². The van der Waals surface area contributed by atoms with E-state index in [4.69, 9.17) is 0 Å². The van der Waals surface area contributed by atoms with Crippen LogP contribution < -0.4 is 5.32 Å². The van der Waals surface area contributed by atoms with Crippen molar-refractivity contribution in [2.24, 2.45) is 0 Å². The van der Waals surface area contributed by atoms with Crippen LogP contribution in [0.2, 0.25) is 0 Å².